The minimum atomic E-state index is -0.0943. The molecule has 3 aromatic carbocycles. The van der Waals surface area contributed by atoms with Crippen LogP contribution in [-0.2, 0) is 6.54 Å². The van der Waals surface area contributed by atoms with Gasteiger partial charge in [-0.1, -0.05) is 54.6 Å². The molecule has 0 bridgehead atoms. The first-order valence-corrected chi connectivity index (χ1v) is 7.76. The van der Waals surface area contributed by atoms with Gasteiger partial charge in [-0.2, -0.15) is 0 Å². The second-order valence-corrected chi connectivity index (χ2v) is 5.53. The van der Waals surface area contributed by atoms with Crippen molar-refractivity contribution < 1.29 is 9.84 Å². The Morgan fingerprint density at radius 3 is 2.43 bits per heavy atom. The second-order valence-electron chi connectivity index (χ2n) is 5.53. The first-order valence-electron chi connectivity index (χ1n) is 7.76. The summed E-state index contributed by atoms with van der Waals surface area (Å²) in [6.45, 7) is 0.753. The summed E-state index contributed by atoms with van der Waals surface area (Å²) in [4.78, 5) is 0. The Morgan fingerprint density at radius 1 is 0.957 bits per heavy atom. The molecule has 23 heavy (non-hydrogen) atoms. The third-order valence-corrected chi connectivity index (χ3v) is 4.09. The van der Waals surface area contributed by atoms with Gasteiger partial charge >= 0.3 is 0 Å². The van der Waals surface area contributed by atoms with Crippen LogP contribution >= 0.6 is 0 Å². The van der Waals surface area contributed by atoms with Crippen molar-refractivity contribution in [3.8, 4) is 5.75 Å². The van der Waals surface area contributed by atoms with E-state index in [0.29, 0.717) is 6.54 Å². The Hall–Kier alpha value is -2.36. The van der Waals surface area contributed by atoms with Gasteiger partial charge in [-0.3, -0.25) is 0 Å². The van der Waals surface area contributed by atoms with E-state index in [1.54, 1.807) is 7.11 Å². The summed E-state index contributed by atoms with van der Waals surface area (Å²) in [6, 6.07) is 22.3. The smallest absolute Gasteiger partial charge is 0.118 e. The van der Waals surface area contributed by atoms with Gasteiger partial charge in [0.05, 0.1) is 19.8 Å². The van der Waals surface area contributed by atoms with Crippen molar-refractivity contribution in [3.05, 3.63) is 77.9 Å². The highest BCUT2D eigenvalue weighted by Gasteiger charge is 2.12. The lowest BCUT2D eigenvalue weighted by Gasteiger charge is -2.19. The van der Waals surface area contributed by atoms with Gasteiger partial charge in [0.1, 0.15) is 5.75 Å². The number of nitrogens with one attached hydrogen (secondary N) is 1. The Labute approximate surface area is 136 Å². The molecule has 3 heteroatoms. The number of rotatable bonds is 6. The Balaban J connectivity index is 1.78. The molecule has 3 aromatic rings. The SMILES string of the molecule is COc1ccc(CN[C@@H](CO)c2cccc3ccccc23)cc1. The predicted octanol–water partition coefficient (Wildman–Crippen LogP) is 3.67. The highest BCUT2D eigenvalue weighted by Crippen LogP contribution is 2.24. The van der Waals surface area contributed by atoms with Crippen LogP contribution in [0.1, 0.15) is 17.2 Å². The van der Waals surface area contributed by atoms with Crippen LogP contribution in [0.2, 0.25) is 0 Å². The molecule has 0 spiro atoms. The van der Waals surface area contributed by atoms with E-state index in [1.807, 2.05) is 42.5 Å². The monoisotopic (exact) mass is 307 g/mol. The van der Waals surface area contributed by atoms with E-state index in [2.05, 4.69) is 29.6 Å². The van der Waals surface area contributed by atoms with Crippen LogP contribution in [0.15, 0.2) is 66.7 Å². The molecule has 0 aliphatic heterocycles. The van der Waals surface area contributed by atoms with Gasteiger partial charge in [0.15, 0.2) is 0 Å². The van der Waals surface area contributed by atoms with E-state index in [9.17, 15) is 5.11 Å². The Morgan fingerprint density at radius 2 is 1.70 bits per heavy atom. The summed E-state index contributed by atoms with van der Waals surface area (Å²) < 4.78 is 5.17. The van der Waals surface area contributed by atoms with Crippen molar-refractivity contribution in [1.82, 2.24) is 5.32 Å². The van der Waals surface area contributed by atoms with Crippen molar-refractivity contribution in [2.24, 2.45) is 0 Å². The van der Waals surface area contributed by atoms with Crippen molar-refractivity contribution in [3.63, 3.8) is 0 Å². The molecule has 0 aliphatic carbocycles. The summed E-state index contributed by atoms with van der Waals surface area (Å²) in [6.07, 6.45) is 0. The number of aliphatic hydroxyl groups is 1. The highest BCUT2D eigenvalue weighted by molar-refractivity contribution is 5.86. The zero-order valence-electron chi connectivity index (χ0n) is 13.2. The quantitative estimate of drug-likeness (QED) is 0.730. The number of hydrogen-bond acceptors (Lipinski definition) is 3. The number of fused-ring (bicyclic) bond motifs is 1. The minimum Gasteiger partial charge on any atom is -0.497 e. The summed E-state index contributed by atoms with van der Waals surface area (Å²) in [7, 11) is 1.66. The van der Waals surface area contributed by atoms with Gasteiger partial charge in [0.2, 0.25) is 0 Å². The molecule has 3 rings (SSSR count). The van der Waals surface area contributed by atoms with E-state index in [1.165, 1.54) is 10.8 Å². The topological polar surface area (TPSA) is 41.5 Å². The molecule has 0 fully saturated rings. The van der Waals surface area contributed by atoms with E-state index in [0.717, 1.165) is 16.9 Å². The molecule has 3 nitrogen and oxygen atoms in total. The standard InChI is InChI=1S/C20H21NO2/c1-23-17-11-9-15(10-12-17)13-21-20(14-22)19-8-4-6-16-5-2-3-7-18(16)19/h2-12,20-22H,13-14H2,1H3/t20-/m0/s1. The fourth-order valence-corrected chi connectivity index (χ4v) is 2.81. The summed E-state index contributed by atoms with van der Waals surface area (Å²) in [5.74, 6) is 0.849. The lowest BCUT2D eigenvalue weighted by atomic mass is 9.99. The first kappa shape index (κ1) is 15.5. The summed E-state index contributed by atoms with van der Waals surface area (Å²) in [5, 5.41) is 15.6. The van der Waals surface area contributed by atoms with Crippen LogP contribution in [0.5, 0.6) is 5.75 Å². The van der Waals surface area contributed by atoms with Crippen LogP contribution in [0.3, 0.4) is 0 Å². The molecule has 2 N–H and O–H groups in total. The summed E-state index contributed by atoms with van der Waals surface area (Å²) in [5.41, 5.74) is 2.28. The summed E-state index contributed by atoms with van der Waals surface area (Å²) >= 11 is 0. The van der Waals surface area contributed by atoms with Crippen LogP contribution in [0, 0.1) is 0 Å². The van der Waals surface area contributed by atoms with E-state index in [4.69, 9.17) is 4.74 Å². The lowest BCUT2D eigenvalue weighted by molar-refractivity contribution is 0.244. The third-order valence-electron chi connectivity index (χ3n) is 4.09. The second kappa shape index (κ2) is 7.27. The normalized spacial score (nSPS) is 12.3. The maximum Gasteiger partial charge on any atom is 0.118 e. The van der Waals surface area contributed by atoms with Gasteiger partial charge in [-0.05, 0) is 34.0 Å². The number of hydrogen-bond donors (Lipinski definition) is 2. The molecule has 0 unspecified atom stereocenters. The average Bonchev–Trinajstić information content (AvgIpc) is 2.63. The zero-order valence-corrected chi connectivity index (χ0v) is 13.2. The maximum absolute atomic E-state index is 9.82. The third kappa shape index (κ3) is 3.52. The van der Waals surface area contributed by atoms with Gasteiger partial charge in [0, 0.05) is 6.54 Å². The van der Waals surface area contributed by atoms with Gasteiger partial charge in [0.25, 0.3) is 0 Å². The number of benzene rings is 3. The van der Waals surface area contributed by atoms with Gasteiger partial charge in [-0.25, -0.2) is 0 Å². The molecule has 0 saturated heterocycles. The molecule has 1 atom stereocenters. The Bertz CT molecular complexity index is 763. The molecule has 0 aromatic heterocycles. The van der Waals surface area contributed by atoms with E-state index >= 15 is 0 Å². The van der Waals surface area contributed by atoms with Crippen molar-refractivity contribution in [2.75, 3.05) is 13.7 Å². The van der Waals surface area contributed by atoms with Crippen molar-refractivity contribution >= 4 is 10.8 Å². The fraction of sp³-hybridized carbons (Fsp3) is 0.200. The molecule has 0 aliphatic rings. The molecule has 0 saturated carbocycles. The molecule has 0 radical (unpaired) electrons. The number of methoxy groups -OCH3 is 1. The van der Waals surface area contributed by atoms with Crippen LogP contribution < -0.4 is 10.1 Å². The van der Waals surface area contributed by atoms with Gasteiger partial charge in [-0.15, -0.1) is 0 Å². The van der Waals surface area contributed by atoms with Crippen LogP contribution in [0.25, 0.3) is 10.8 Å². The largest absolute Gasteiger partial charge is 0.497 e. The first-order chi connectivity index (χ1) is 11.3. The van der Waals surface area contributed by atoms with E-state index < -0.39 is 0 Å². The van der Waals surface area contributed by atoms with E-state index in [-0.39, 0.29) is 12.6 Å². The molecule has 0 heterocycles. The molecule has 118 valence electrons. The fourth-order valence-electron chi connectivity index (χ4n) is 2.81. The average molecular weight is 307 g/mol. The lowest BCUT2D eigenvalue weighted by Crippen LogP contribution is -2.24. The highest BCUT2D eigenvalue weighted by atomic mass is 16.5. The van der Waals surface area contributed by atoms with Crippen molar-refractivity contribution in [1.29, 1.82) is 0 Å². The molecule has 0 amide bonds. The Kier molecular flexibility index (Phi) is 4.91. The molecular weight excluding hydrogens is 286 g/mol. The predicted molar refractivity (Wildman–Crippen MR) is 93.6 cm³/mol. The van der Waals surface area contributed by atoms with Gasteiger partial charge < -0.3 is 15.2 Å². The van der Waals surface area contributed by atoms with Crippen LogP contribution in [0.4, 0.5) is 0 Å². The zero-order chi connectivity index (χ0) is 16.1. The maximum atomic E-state index is 9.82. The number of aliphatic hydroxyl groups excluding tert-OH is 1. The minimum absolute atomic E-state index is 0.0597. The number of ether oxygens (including phenoxy) is 1. The molecular formula is C20H21NO2. The van der Waals surface area contributed by atoms with Crippen molar-refractivity contribution in [2.45, 2.75) is 12.6 Å². The van der Waals surface area contributed by atoms with Crippen LogP contribution in [-0.4, -0.2) is 18.8 Å².